The number of amides is 1. The van der Waals surface area contributed by atoms with E-state index < -0.39 is 5.97 Å². The summed E-state index contributed by atoms with van der Waals surface area (Å²) in [5.74, 6) is 1.01. The number of aromatic nitrogens is 3. The van der Waals surface area contributed by atoms with Crippen LogP contribution in [0.2, 0.25) is 0 Å². The molecular weight excluding hydrogens is 460 g/mol. The highest BCUT2D eigenvalue weighted by Crippen LogP contribution is 2.38. The number of methoxy groups -OCH3 is 1. The van der Waals surface area contributed by atoms with E-state index in [0.29, 0.717) is 21.5 Å². The number of carbonyl (C=O) groups excluding carboxylic acids is 2. The quantitative estimate of drug-likeness (QED) is 0.377. The highest BCUT2D eigenvalue weighted by molar-refractivity contribution is 7.99. The molecule has 3 aromatic rings. The third-order valence-corrected chi connectivity index (χ3v) is 7.75. The van der Waals surface area contributed by atoms with Crippen molar-refractivity contribution in [1.29, 1.82) is 0 Å². The van der Waals surface area contributed by atoms with E-state index >= 15 is 0 Å². The molecule has 2 heterocycles. The van der Waals surface area contributed by atoms with Crippen LogP contribution in [0.25, 0.3) is 0 Å². The molecule has 0 unspecified atom stereocenters. The molecule has 1 amide bonds. The van der Waals surface area contributed by atoms with E-state index in [4.69, 9.17) is 9.47 Å². The minimum absolute atomic E-state index is 0.147. The summed E-state index contributed by atoms with van der Waals surface area (Å²) in [6, 6.07) is 7.79. The number of hydrogen-bond acceptors (Lipinski definition) is 8. The van der Waals surface area contributed by atoms with Gasteiger partial charge in [0.2, 0.25) is 5.91 Å². The fraction of sp³-hybridized carbons (Fsp3) is 0.391. The van der Waals surface area contributed by atoms with Crippen LogP contribution in [0.3, 0.4) is 0 Å². The highest BCUT2D eigenvalue weighted by Gasteiger charge is 2.27. The molecule has 0 atom stereocenters. The molecule has 0 radical (unpaired) electrons. The molecule has 0 bridgehead atoms. The number of thiophene rings is 1. The fourth-order valence-electron chi connectivity index (χ4n) is 3.72. The Bertz CT molecular complexity index is 1170. The second-order valence-corrected chi connectivity index (χ2v) is 9.80. The van der Waals surface area contributed by atoms with E-state index in [0.717, 1.165) is 47.4 Å². The van der Waals surface area contributed by atoms with Crippen LogP contribution < -0.4 is 10.1 Å². The first-order valence-corrected chi connectivity index (χ1v) is 12.5. The number of fused-ring (bicyclic) bond motifs is 1. The Morgan fingerprint density at radius 1 is 1.21 bits per heavy atom. The third-order valence-electron chi connectivity index (χ3n) is 5.52. The summed E-state index contributed by atoms with van der Waals surface area (Å²) in [4.78, 5) is 26.2. The normalized spacial score (nSPS) is 12.8. The van der Waals surface area contributed by atoms with Crippen molar-refractivity contribution in [3.63, 3.8) is 0 Å². The van der Waals surface area contributed by atoms with Crippen LogP contribution in [0.5, 0.6) is 5.75 Å². The van der Waals surface area contributed by atoms with Gasteiger partial charge in [0.1, 0.15) is 17.4 Å². The van der Waals surface area contributed by atoms with Gasteiger partial charge in [-0.05, 0) is 49.8 Å². The molecule has 10 heteroatoms. The first-order valence-electron chi connectivity index (χ1n) is 10.7. The van der Waals surface area contributed by atoms with Crippen LogP contribution in [0.1, 0.15) is 45.0 Å². The lowest BCUT2D eigenvalue weighted by Crippen LogP contribution is -2.17. The summed E-state index contributed by atoms with van der Waals surface area (Å²) in [6.45, 7) is 2.27. The second-order valence-electron chi connectivity index (χ2n) is 7.76. The van der Waals surface area contributed by atoms with E-state index in [-0.39, 0.29) is 18.3 Å². The molecule has 0 fully saturated rings. The molecule has 1 aromatic carbocycles. The predicted molar refractivity (Wildman–Crippen MR) is 128 cm³/mol. The van der Waals surface area contributed by atoms with Crippen molar-refractivity contribution in [1.82, 2.24) is 14.8 Å². The number of nitrogens with one attached hydrogen (secondary N) is 1. The molecule has 4 rings (SSSR count). The maximum atomic E-state index is 12.7. The lowest BCUT2D eigenvalue weighted by molar-refractivity contribution is -0.113. The SMILES string of the molecule is COC(=O)c1c(NC(=O)CSc2nnc(COc3ccccc3C)n2C)sc2c1CCCC2. The Hall–Kier alpha value is -2.85. The van der Waals surface area contributed by atoms with Crippen molar-refractivity contribution in [3.05, 3.63) is 51.7 Å². The van der Waals surface area contributed by atoms with Crippen LogP contribution >= 0.6 is 23.1 Å². The molecule has 8 nitrogen and oxygen atoms in total. The molecule has 174 valence electrons. The summed E-state index contributed by atoms with van der Waals surface area (Å²) in [6.07, 6.45) is 3.91. The highest BCUT2D eigenvalue weighted by atomic mass is 32.2. The Labute approximate surface area is 200 Å². The number of esters is 1. The summed E-state index contributed by atoms with van der Waals surface area (Å²) in [7, 11) is 3.21. The van der Waals surface area contributed by atoms with Gasteiger partial charge in [-0.2, -0.15) is 0 Å². The van der Waals surface area contributed by atoms with Crippen LogP contribution in [-0.2, 0) is 36.0 Å². The minimum atomic E-state index is -0.399. The third kappa shape index (κ3) is 5.22. The molecule has 1 aliphatic carbocycles. The molecule has 0 saturated heterocycles. The van der Waals surface area contributed by atoms with Gasteiger partial charge in [-0.15, -0.1) is 21.5 Å². The zero-order valence-corrected chi connectivity index (χ0v) is 20.5. The number of nitrogens with zero attached hydrogens (tertiary/aromatic N) is 3. The maximum absolute atomic E-state index is 12.7. The molecular formula is C23H26N4O4S2. The molecule has 0 saturated carbocycles. The van der Waals surface area contributed by atoms with Crippen molar-refractivity contribution < 1.29 is 19.1 Å². The van der Waals surface area contributed by atoms with E-state index in [2.05, 4.69) is 15.5 Å². The Morgan fingerprint density at radius 2 is 2.00 bits per heavy atom. The zero-order chi connectivity index (χ0) is 23.4. The predicted octanol–water partition coefficient (Wildman–Crippen LogP) is 4.16. The van der Waals surface area contributed by atoms with Gasteiger partial charge in [-0.1, -0.05) is 30.0 Å². The average molecular weight is 487 g/mol. The lowest BCUT2D eigenvalue weighted by atomic mass is 9.95. The van der Waals surface area contributed by atoms with Gasteiger partial charge in [-0.3, -0.25) is 4.79 Å². The Kier molecular flexibility index (Phi) is 7.34. The van der Waals surface area contributed by atoms with Crippen molar-refractivity contribution >= 4 is 40.0 Å². The van der Waals surface area contributed by atoms with E-state index in [1.165, 1.54) is 30.2 Å². The number of para-hydroxylation sites is 1. The van der Waals surface area contributed by atoms with Gasteiger partial charge >= 0.3 is 5.97 Å². The standard InChI is InChI=1S/C23H26N4O4S2/c1-14-8-4-6-10-16(14)31-12-18-25-26-23(27(18)2)32-13-19(28)24-21-20(22(29)30-3)15-9-5-7-11-17(15)33-21/h4,6,8,10H,5,7,9,11-13H2,1-3H3,(H,24,28). The molecule has 0 spiro atoms. The number of rotatable bonds is 8. The summed E-state index contributed by atoms with van der Waals surface area (Å²) < 4.78 is 12.6. The molecule has 0 aliphatic heterocycles. The Balaban J connectivity index is 1.37. The zero-order valence-electron chi connectivity index (χ0n) is 18.8. The molecule has 1 N–H and O–H groups in total. The maximum Gasteiger partial charge on any atom is 0.341 e. The van der Waals surface area contributed by atoms with Crippen molar-refractivity contribution in [2.75, 3.05) is 18.2 Å². The first-order chi connectivity index (χ1) is 16.0. The molecule has 1 aliphatic rings. The topological polar surface area (TPSA) is 95.3 Å². The van der Waals surface area contributed by atoms with Crippen LogP contribution in [0, 0.1) is 6.92 Å². The number of hydrogen-bond donors (Lipinski definition) is 1. The van der Waals surface area contributed by atoms with Gasteiger partial charge in [-0.25, -0.2) is 4.79 Å². The number of ether oxygens (including phenoxy) is 2. The second kappa shape index (κ2) is 10.4. The number of thioether (sulfide) groups is 1. The van der Waals surface area contributed by atoms with E-state index in [9.17, 15) is 9.59 Å². The van der Waals surface area contributed by atoms with Crippen molar-refractivity contribution in [3.8, 4) is 5.75 Å². The van der Waals surface area contributed by atoms with Crippen LogP contribution in [0.4, 0.5) is 5.00 Å². The summed E-state index contributed by atoms with van der Waals surface area (Å²) in [5.41, 5.74) is 2.57. The van der Waals surface area contributed by atoms with Gasteiger partial charge in [0.25, 0.3) is 0 Å². The largest absolute Gasteiger partial charge is 0.485 e. The molecule has 2 aromatic heterocycles. The number of anilines is 1. The van der Waals surface area contributed by atoms with Gasteiger partial charge in [0, 0.05) is 11.9 Å². The van der Waals surface area contributed by atoms with Gasteiger partial charge < -0.3 is 19.4 Å². The molecule has 33 heavy (non-hydrogen) atoms. The number of benzene rings is 1. The summed E-state index contributed by atoms with van der Waals surface area (Å²) >= 11 is 2.76. The van der Waals surface area contributed by atoms with E-state index in [1.807, 2.05) is 42.8 Å². The van der Waals surface area contributed by atoms with Gasteiger partial charge in [0.15, 0.2) is 11.0 Å². The monoisotopic (exact) mass is 486 g/mol. The van der Waals surface area contributed by atoms with E-state index in [1.54, 1.807) is 0 Å². The van der Waals surface area contributed by atoms with Crippen molar-refractivity contribution in [2.45, 2.75) is 44.4 Å². The smallest absolute Gasteiger partial charge is 0.341 e. The van der Waals surface area contributed by atoms with Crippen LogP contribution in [0.15, 0.2) is 29.4 Å². The minimum Gasteiger partial charge on any atom is -0.485 e. The fourth-order valence-corrected chi connectivity index (χ4v) is 5.75. The average Bonchev–Trinajstić information content (AvgIpc) is 3.36. The lowest BCUT2D eigenvalue weighted by Gasteiger charge is -2.11. The summed E-state index contributed by atoms with van der Waals surface area (Å²) in [5, 5.41) is 12.5. The van der Waals surface area contributed by atoms with Gasteiger partial charge in [0.05, 0.1) is 18.4 Å². The van der Waals surface area contributed by atoms with Crippen LogP contribution in [-0.4, -0.2) is 39.5 Å². The number of carbonyl (C=O) groups is 2. The van der Waals surface area contributed by atoms with Crippen molar-refractivity contribution in [2.24, 2.45) is 7.05 Å². The Morgan fingerprint density at radius 3 is 2.79 bits per heavy atom. The number of aryl methyl sites for hydroxylation is 2. The first kappa shape index (κ1) is 23.3.